The van der Waals surface area contributed by atoms with Crippen LogP contribution in [0.15, 0.2) is 3.79 Å². The molecule has 0 aliphatic rings. The normalized spacial score (nSPS) is 10.7. The van der Waals surface area contributed by atoms with E-state index in [4.69, 9.17) is 9.47 Å². The Balaban J connectivity index is 2.54. The summed E-state index contributed by atoms with van der Waals surface area (Å²) >= 11 is 4.86. The molecule has 0 bridgehead atoms. The average molecular weight is 391 g/mol. The van der Waals surface area contributed by atoms with Crippen LogP contribution in [0.1, 0.15) is 74.9 Å². The van der Waals surface area contributed by atoms with Crippen molar-refractivity contribution in [2.75, 3.05) is 13.2 Å². The summed E-state index contributed by atoms with van der Waals surface area (Å²) in [6, 6.07) is 0. The molecule has 3 nitrogen and oxygen atoms in total. The minimum absolute atomic E-state index is 0.603. The maximum Gasteiger partial charge on any atom is 0.187 e. The summed E-state index contributed by atoms with van der Waals surface area (Å²) < 4.78 is 12.5. The highest BCUT2D eigenvalue weighted by atomic mass is 79.9. The summed E-state index contributed by atoms with van der Waals surface area (Å²) in [6.07, 6.45) is 10.1. The molecule has 0 fully saturated rings. The second-order valence-electron chi connectivity index (χ2n) is 5.33. The molecule has 0 unspecified atom stereocenters. The molecule has 0 N–H and O–H groups in total. The fourth-order valence-electron chi connectivity index (χ4n) is 2.13. The van der Waals surface area contributed by atoms with Gasteiger partial charge in [0.1, 0.15) is 8.66 Å². The zero-order valence-electron chi connectivity index (χ0n) is 13.7. The number of hydrogen-bond donors (Lipinski definition) is 0. The Hall–Kier alpha value is -0.550. The minimum Gasteiger partial charge on any atom is -0.488 e. The van der Waals surface area contributed by atoms with Crippen molar-refractivity contribution in [3.63, 3.8) is 0 Å². The Morgan fingerprint density at radius 2 is 1.45 bits per heavy atom. The van der Waals surface area contributed by atoms with Crippen LogP contribution in [0.25, 0.3) is 0 Å². The molecular weight excluding hydrogens is 364 g/mol. The molecule has 1 heterocycles. The molecule has 1 aromatic heterocycles. The number of halogens is 1. The zero-order chi connectivity index (χ0) is 16.2. The van der Waals surface area contributed by atoms with Crippen molar-refractivity contribution in [1.29, 1.82) is 0 Å². The largest absolute Gasteiger partial charge is 0.488 e. The third kappa shape index (κ3) is 6.69. The first-order valence-corrected chi connectivity index (χ1v) is 9.88. The van der Waals surface area contributed by atoms with Crippen molar-refractivity contribution in [1.82, 2.24) is 0 Å². The van der Waals surface area contributed by atoms with Gasteiger partial charge in [-0.25, -0.2) is 0 Å². The molecule has 0 aliphatic heterocycles. The van der Waals surface area contributed by atoms with Gasteiger partial charge in [0.2, 0.25) is 0 Å². The maximum absolute atomic E-state index is 11.2. The molecule has 22 heavy (non-hydrogen) atoms. The Labute approximate surface area is 146 Å². The van der Waals surface area contributed by atoms with Crippen molar-refractivity contribution in [3.05, 3.63) is 8.66 Å². The Morgan fingerprint density at radius 1 is 0.909 bits per heavy atom. The molecule has 1 rings (SSSR count). The van der Waals surface area contributed by atoms with E-state index in [0.717, 1.165) is 29.3 Å². The van der Waals surface area contributed by atoms with Crippen LogP contribution in [0.5, 0.6) is 11.5 Å². The first kappa shape index (κ1) is 19.5. The lowest BCUT2D eigenvalue weighted by Gasteiger charge is -2.10. The topological polar surface area (TPSA) is 35.5 Å². The van der Waals surface area contributed by atoms with Crippen molar-refractivity contribution in [2.45, 2.75) is 65.2 Å². The summed E-state index contributed by atoms with van der Waals surface area (Å²) in [6.45, 7) is 5.68. The van der Waals surface area contributed by atoms with Gasteiger partial charge >= 0.3 is 0 Å². The van der Waals surface area contributed by atoms with E-state index in [-0.39, 0.29) is 0 Å². The van der Waals surface area contributed by atoms with Crippen LogP contribution in [-0.4, -0.2) is 19.5 Å². The molecule has 0 saturated heterocycles. The predicted molar refractivity (Wildman–Crippen MR) is 96.7 cm³/mol. The third-order valence-corrected chi connectivity index (χ3v) is 5.12. The smallest absolute Gasteiger partial charge is 0.187 e. The lowest BCUT2D eigenvalue weighted by molar-refractivity contribution is 0.112. The van der Waals surface area contributed by atoms with Crippen molar-refractivity contribution >= 4 is 33.6 Å². The summed E-state index contributed by atoms with van der Waals surface area (Å²) in [5, 5.41) is 0. The average Bonchev–Trinajstić information content (AvgIpc) is 2.82. The van der Waals surface area contributed by atoms with E-state index < -0.39 is 0 Å². The molecule has 126 valence electrons. The number of carbonyl (C=O) groups is 1. The minimum atomic E-state index is 0.603. The van der Waals surface area contributed by atoms with Gasteiger partial charge in [0.25, 0.3) is 0 Å². The highest BCUT2D eigenvalue weighted by Gasteiger charge is 2.19. The molecule has 0 radical (unpaired) electrons. The van der Waals surface area contributed by atoms with Gasteiger partial charge in [-0.05, 0) is 28.8 Å². The fourth-order valence-corrected chi connectivity index (χ4v) is 3.68. The number of unbranched alkanes of at least 4 members (excludes halogenated alkanes) is 6. The second kappa shape index (κ2) is 11.9. The highest BCUT2D eigenvalue weighted by Crippen LogP contribution is 2.45. The first-order valence-electron chi connectivity index (χ1n) is 8.27. The van der Waals surface area contributed by atoms with Gasteiger partial charge < -0.3 is 9.47 Å². The van der Waals surface area contributed by atoms with Crippen molar-refractivity contribution in [2.24, 2.45) is 0 Å². The van der Waals surface area contributed by atoms with Crippen LogP contribution in [-0.2, 0) is 0 Å². The maximum atomic E-state index is 11.2. The predicted octanol–water partition coefficient (Wildman–Crippen LogP) is 6.24. The number of rotatable bonds is 13. The monoisotopic (exact) mass is 390 g/mol. The Kier molecular flexibility index (Phi) is 10.6. The van der Waals surface area contributed by atoms with Gasteiger partial charge in [0, 0.05) is 0 Å². The van der Waals surface area contributed by atoms with E-state index >= 15 is 0 Å². The van der Waals surface area contributed by atoms with Crippen LogP contribution in [0.3, 0.4) is 0 Å². The summed E-state index contributed by atoms with van der Waals surface area (Å²) in [4.78, 5) is 11.8. The standard InChI is InChI=1S/C17H27BrO3S/c1-3-5-7-9-11-20-15-14(13-19)22-17(18)16(15)21-12-10-8-6-4-2/h13H,3-12H2,1-2H3. The lowest BCUT2D eigenvalue weighted by Crippen LogP contribution is -2.02. The Bertz CT molecular complexity index is 432. The summed E-state index contributed by atoms with van der Waals surface area (Å²) in [7, 11) is 0. The summed E-state index contributed by atoms with van der Waals surface area (Å²) in [5.74, 6) is 1.30. The molecule has 0 saturated carbocycles. The van der Waals surface area contributed by atoms with Crippen LogP contribution < -0.4 is 9.47 Å². The SMILES string of the molecule is CCCCCCOc1c(Br)sc(C=O)c1OCCCCCC. The Morgan fingerprint density at radius 3 is 1.95 bits per heavy atom. The van der Waals surface area contributed by atoms with Gasteiger partial charge in [0.05, 0.1) is 13.2 Å². The van der Waals surface area contributed by atoms with Gasteiger partial charge in [-0.2, -0.15) is 0 Å². The van der Waals surface area contributed by atoms with Crippen LogP contribution in [0, 0.1) is 0 Å². The van der Waals surface area contributed by atoms with Gasteiger partial charge in [-0.3, -0.25) is 4.79 Å². The quantitative estimate of drug-likeness (QED) is 0.295. The number of hydrogen-bond acceptors (Lipinski definition) is 4. The molecular formula is C17H27BrO3S. The van der Waals surface area contributed by atoms with E-state index in [1.54, 1.807) is 0 Å². The third-order valence-electron chi connectivity index (χ3n) is 3.40. The first-order chi connectivity index (χ1) is 10.7. The van der Waals surface area contributed by atoms with Gasteiger partial charge in [0.15, 0.2) is 17.8 Å². The number of carbonyl (C=O) groups excluding carboxylic acids is 1. The molecule has 0 amide bonds. The van der Waals surface area contributed by atoms with Crippen LogP contribution >= 0.6 is 27.3 Å². The number of thiophene rings is 1. The molecule has 0 spiro atoms. The van der Waals surface area contributed by atoms with Crippen LogP contribution in [0.4, 0.5) is 0 Å². The van der Waals surface area contributed by atoms with Gasteiger partial charge in [-0.15, -0.1) is 11.3 Å². The van der Waals surface area contributed by atoms with Crippen molar-refractivity contribution < 1.29 is 14.3 Å². The zero-order valence-corrected chi connectivity index (χ0v) is 16.1. The highest BCUT2D eigenvalue weighted by molar-refractivity contribution is 9.11. The molecule has 1 aromatic rings. The van der Waals surface area contributed by atoms with E-state index in [1.807, 2.05) is 0 Å². The second-order valence-corrected chi connectivity index (χ2v) is 7.70. The lowest BCUT2D eigenvalue weighted by atomic mass is 10.2. The van der Waals surface area contributed by atoms with E-state index in [0.29, 0.717) is 29.6 Å². The van der Waals surface area contributed by atoms with Crippen LogP contribution in [0.2, 0.25) is 0 Å². The van der Waals surface area contributed by atoms with Gasteiger partial charge in [-0.1, -0.05) is 52.4 Å². The van der Waals surface area contributed by atoms with E-state index in [9.17, 15) is 4.79 Å². The molecule has 5 heteroatoms. The fraction of sp³-hybridized carbons (Fsp3) is 0.706. The number of ether oxygens (including phenoxy) is 2. The number of aldehydes is 1. The van der Waals surface area contributed by atoms with E-state index in [2.05, 4.69) is 29.8 Å². The van der Waals surface area contributed by atoms with E-state index in [1.165, 1.54) is 43.4 Å². The molecule has 0 atom stereocenters. The molecule has 0 aromatic carbocycles. The summed E-state index contributed by atoms with van der Waals surface area (Å²) in [5.41, 5.74) is 0. The molecule has 0 aliphatic carbocycles. The van der Waals surface area contributed by atoms with Crippen molar-refractivity contribution in [3.8, 4) is 11.5 Å².